The Morgan fingerprint density at radius 2 is 2.08 bits per heavy atom. The van der Waals surface area contributed by atoms with Crippen molar-refractivity contribution in [1.82, 2.24) is 4.98 Å². The van der Waals surface area contributed by atoms with Crippen LogP contribution in [0.15, 0.2) is 30.9 Å². The maximum absolute atomic E-state index is 12.9. The quantitative estimate of drug-likeness (QED) is 0.546. The van der Waals surface area contributed by atoms with Crippen LogP contribution >= 0.6 is 22.7 Å². The van der Waals surface area contributed by atoms with Gasteiger partial charge in [0.2, 0.25) is 5.91 Å². The number of aryl methyl sites for hydroxylation is 1. The molecule has 0 radical (unpaired) electrons. The van der Waals surface area contributed by atoms with Crippen molar-refractivity contribution >= 4 is 43.8 Å². The molecule has 0 atom stereocenters. The highest BCUT2D eigenvalue weighted by Crippen LogP contribution is 2.44. The van der Waals surface area contributed by atoms with Crippen molar-refractivity contribution in [3.63, 3.8) is 0 Å². The number of alkyl halides is 3. The Balaban J connectivity index is 2.15. The molecule has 8 heteroatoms. The molecule has 136 valence electrons. The highest BCUT2D eigenvalue weighted by Gasteiger charge is 2.31. The van der Waals surface area contributed by atoms with Crippen molar-refractivity contribution in [3.8, 4) is 10.6 Å². The number of hydrogen-bond donors (Lipinski definition) is 1. The summed E-state index contributed by atoms with van der Waals surface area (Å²) < 4.78 is 39.4. The number of amides is 1. The molecule has 0 spiro atoms. The van der Waals surface area contributed by atoms with E-state index in [9.17, 15) is 18.0 Å². The predicted molar refractivity (Wildman–Crippen MR) is 101 cm³/mol. The van der Waals surface area contributed by atoms with E-state index in [0.29, 0.717) is 20.2 Å². The summed E-state index contributed by atoms with van der Waals surface area (Å²) >= 11 is 2.76. The zero-order valence-corrected chi connectivity index (χ0v) is 15.7. The maximum atomic E-state index is 12.9. The molecule has 1 N–H and O–H groups in total. The summed E-state index contributed by atoms with van der Waals surface area (Å²) in [6.07, 6.45) is -2.44. The van der Waals surface area contributed by atoms with Gasteiger partial charge >= 0.3 is 6.18 Å². The van der Waals surface area contributed by atoms with E-state index in [1.54, 1.807) is 0 Å². The summed E-state index contributed by atoms with van der Waals surface area (Å²) in [4.78, 5) is 17.2. The summed E-state index contributed by atoms with van der Waals surface area (Å²) in [5.74, 6) is -0.337. The average Bonchev–Trinajstić information content (AvgIpc) is 3.13. The van der Waals surface area contributed by atoms with E-state index in [1.807, 2.05) is 13.8 Å². The van der Waals surface area contributed by atoms with Crippen LogP contribution in [-0.2, 0) is 17.4 Å². The van der Waals surface area contributed by atoms with Gasteiger partial charge in [0.25, 0.3) is 0 Å². The molecule has 3 aromatic rings. The lowest BCUT2D eigenvalue weighted by Gasteiger charge is -2.04. The zero-order valence-electron chi connectivity index (χ0n) is 14.0. The fraction of sp³-hybridized carbons (Fsp3) is 0.222. The summed E-state index contributed by atoms with van der Waals surface area (Å²) in [5, 5.41) is 4.01. The Labute approximate surface area is 156 Å². The first-order valence-electron chi connectivity index (χ1n) is 7.78. The molecular weight excluding hydrogens is 381 g/mol. The van der Waals surface area contributed by atoms with Crippen LogP contribution in [0.4, 0.5) is 18.2 Å². The molecule has 1 amide bonds. The van der Waals surface area contributed by atoms with Crippen LogP contribution in [0.1, 0.15) is 22.9 Å². The topological polar surface area (TPSA) is 42.0 Å². The van der Waals surface area contributed by atoms with E-state index in [0.717, 1.165) is 34.6 Å². The SMILES string of the molecule is C=CC(=O)Nc1sc(CC)c(C)c1-c1nc2cc(C(F)(F)F)ccc2s1. The molecule has 0 bridgehead atoms. The Morgan fingerprint density at radius 1 is 1.35 bits per heavy atom. The van der Waals surface area contributed by atoms with Crippen LogP contribution in [0, 0.1) is 6.92 Å². The number of anilines is 1. The van der Waals surface area contributed by atoms with Gasteiger partial charge in [0, 0.05) is 10.4 Å². The highest BCUT2D eigenvalue weighted by molar-refractivity contribution is 7.22. The Hall–Kier alpha value is -2.19. The number of hydrogen-bond acceptors (Lipinski definition) is 4. The Kier molecular flexibility index (Phi) is 4.90. The second kappa shape index (κ2) is 6.85. The van der Waals surface area contributed by atoms with Gasteiger partial charge in [-0.3, -0.25) is 4.79 Å². The Bertz CT molecular complexity index is 1000. The molecule has 3 nitrogen and oxygen atoms in total. The van der Waals surface area contributed by atoms with Gasteiger partial charge in [0.1, 0.15) is 10.0 Å². The van der Waals surface area contributed by atoms with Crippen molar-refractivity contribution in [2.45, 2.75) is 26.4 Å². The van der Waals surface area contributed by atoms with E-state index in [4.69, 9.17) is 0 Å². The van der Waals surface area contributed by atoms with Crippen LogP contribution in [0.5, 0.6) is 0 Å². The molecular formula is C18H15F3N2OS2. The lowest BCUT2D eigenvalue weighted by atomic mass is 10.1. The number of carbonyl (C=O) groups is 1. The normalized spacial score (nSPS) is 11.7. The standard InChI is InChI=1S/C18H15F3N2OS2/c1-4-12-9(3)15(17(25-12)23-14(24)5-2)16-22-11-8-10(18(19,20)21)6-7-13(11)26-16/h5-8H,2,4H2,1,3H3,(H,23,24). The molecule has 0 saturated heterocycles. The van der Waals surface area contributed by atoms with Gasteiger partial charge in [-0.05, 0) is 43.2 Å². The third-order valence-electron chi connectivity index (χ3n) is 3.92. The van der Waals surface area contributed by atoms with Gasteiger partial charge in [-0.1, -0.05) is 13.5 Å². The smallest absolute Gasteiger partial charge is 0.314 e. The lowest BCUT2D eigenvalue weighted by molar-refractivity contribution is -0.137. The number of thiazole rings is 1. The first-order chi connectivity index (χ1) is 12.2. The molecule has 2 aromatic heterocycles. The number of aromatic nitrogens is 1. The summed E-state index contributed by atoms with van der Waals surface area (Å²) in [5.41, 5.74) is 1.31. The molecule has 0 aliphatic heterocycles. The number of carbonyl (C=O) groups excluding carboxylic acids is 1. The fourth-order valence-electron chi connectivity index (χ4n) is 2.62. The van der Waals surface area contributed by atoms with E-state index in [1.165, 1.54) is 34.8 Å². The molecule has 0 aliphatic carbocycles. The lowest BCUT2D eigenvalue weighted by Crippen LogP contribution is -2.06. The van der Waals surface area contributed by atoms with Crippen LogP contribution in [0.25, 0.3) is 20.8 Å². The van der Waals surface area contributed by atoms with Gasteiger partial charge in [-0.15, -0.1) is 22.7 Å². The van der Waals surface area contributed by atoms with Crippen molar-refractivity contribution in [1.29, 1.82) is 0 Å². The minimum absolute atomic E-state index is 0.296. The van der Waals surface area contributed by atoms with Crippen LogP contribution < -0.4 is 5.32 Å². The third-order valence-corrected chi connectivity index (χ3v) is 6.32. The van der Waals surface area contributed by atoms with Crippen molar-refractivity contribution in [2.24, 2.45) is 0 Å². The molecule has 1 aromatic carbocycles. The first kappa shape index (κ1) is 18.6. The molecule has 2 heterocycles. The minimum atomic E-state index is -4.41. The molecule has 3 rings (SSSR count). The minimum Gasteiger partial charge on any atom is -0.314 e. The number of thiophene rings is 1. The molecule has 26 heavy (non-hydrogen) atoms. The van der Waals surface area contributed by atoms with E-state index < -0.39 is 11.7 Å². The summed E-state index contributed by atoms with van der Waals surface area (Å²) in [6, 6.07) is 3.55. The van der Waals surface area contributed by atoms with Crippen molar-refractivity contribution in [3.05, 3.63) is 46.9 Å². The van der Waals surface area contributed by atoms with Gasteiger partial charge in [0.05, 0.1) is 15.8 Å². The van der Waals surface area contributed by atoms with Gasteiger partial charge < -0.3 is 5.32 Å². The predicted octanol–water partition coefficient (Wildman–Crippen LogP) is 6.04. The summed E-state index contributed by atoms with van der Waals surface area (Å²) in [6.45, 7) is 7.39. The number of rotatable bonds is 4. The van der Waals surface area contributed by atoms with Crippen LogP contribution in [0.2, 0.25) is 0 Å². The van der Waals surface area contributed by atoms with E-state index in [-0.39, 0.29) is 5.91 Å². The van der Waals surface area contributed by atoms with Gasteiger partial charge in [0.15, 0.2) is 0 Å². The fourth-order valence-corrected chi connectivity index (χ4v) is 4.89. The molecule has 0 saturated carbocycles. The van der Waals surface area contributed by atoms with Gasteiger partial charge in [-0.2, -0.15) is 13.2 Å². The number of nitrogens with one attached hydrogen (secondary N) is 1. The molecule has 0 fully saturated rings. The molecule has 0 unspecified atom stereocenters. The number of fused-ring (bicyclic) bond motifs is 1. The summed E-state index contributed by atoms with van der Waals surface area (Å²) in [7, 11) is 0. The average molecular weight is 396 g/mol. The largest absolute Gasteiger partial charge is 0.416 e. The first-order valence-corrected chi connectivity index (χ1v) is 9.41. The monoisotopic (exact) mass is 396 g/mol. The maximum Gasteiger partial charge on any atom is 0.416 e. The Morgan fingerprint density at radius 3 is 2.69 bits per heavy atom. The van der Waals surface area contributed by atoms with Crippen LogP contribution in [-0.4, -0.2) is 10.9 Å². The second-order valence-corrected chi connectivity index (χ2v) is 7.74. The van der Waals surface area contributed by atoms with E-state index >= 15 is 0 Å². The number of benzene rings is 1. The van der Waals surface area contributed by atoms with Crippen LogP contribution in [0.3, 0.4) is 0 Å². The number of nitrogens with zero attached hydrogens (tertiary/aromatic N) is 1. The number of halogens is 3. The molecule has 0 aliphatic rings. The van der Waals surface area contributed by atoms with Crippen molar-refractivity contribution < 1.29 is 18.0 Å². The van der Waals surface area contributed by atoms with Crippen molar-refractivity contribution in [2.75, 3.05) is 5.32 Å². The zero-order chi connectivity index (χ0) is 19.1. The van der Waals surface area contributed by atoms with Gasteiger partial charge in [-0.25, -0.2) is 4.98 Å². The van der Waals surface area contributed by atoms with E-state index in [2.05, 4.69) is 16.9 Å². The highest BCUT2D eigenvalue weighted by atomic mass is 32.1. The third kappa shape index (κ3) is 3.39. The second-order valence-electron chi connectivity index (χ2n) is 5.60.